The third kappa shape index (κ3) is 6.18. The molecule has 0 amide bonds. The monoisotopic (exact) mass is 400 g/mol. The molecule has 2 rings (SSSR count). The van der Waals surface area contributed by atoms with Gasteiger partial charge in [0.1, 0.15) is 5.03 Å². The molecule has 0 aliphatic rings. The number of rotatable bonds is 5. The van der Waals surface area contributed by atoms with Crippen molar-refractivity contribution in [2.24, 2.45) is 7.05 Å². The van der Waals surface area contributed by atoms with Gasteiger partial charge >= 0.3 is 12.4 Å². The van der Waals surface area contributed by atoms with Crippen molar-refractivity contribution in [3.05, 3.63) is 29.8 Å². The summed E-state index contributed by atoms with van der Waals surface area (Å²) in [7, 11) is 1.58. The number of aryl methyl sites for hydroxylation is 2. The Labute approximate surface area is 149 Å². The third-order valence-corrected chi connectivity index (χ3v) is 5.31. The molecule has 0 N–H and O–H groups in total. The van der Waals surface area contributed by atoms with Crippen LogP contribution in [0.2, 0.25) is 0 Å². The molecule has 0 spiro atoms. The van der Waals surface area contributed by atoms with E-state index in [4.69, 9.17) is 0 Å². The van der Waals surface area contributed by atoms with Crippen LogP contribution < -0.4 is 0 Å². The molecule has 2 nitrogen and oxygen atoms in total. The number of nitrogens with zero attached hydrogens (tertiary/aromatic N) is 2. The van der Waals surface area contributed by atoms with Gasteiger partial charge in [0.25, 0.3) is 0 Å². The van der Waals surface area contributed by atoms with E-state index in [1.165, 1.54) is 10.7 Å². The number of hydrogen-bond donors (Lipinski definition) is 0. The summed E-state index contributed by atoms with van der Waals surface area (Å²) in [5.41, 5.74) is 1.84. The zero-order valence-electron chi connectivity index (χ0n) is 13.2. The minimum absolute atomic E-state index is 0.208. The summed E-state index contributed by atoms with van der Waals surface area (Å²) in [6, 6.07) is 6.49. The van der Waals surface area contributed by atoms with Gasteiger partial charge in [-0.2, -0.15) is 31.4 Å². The molecule has 0 bridgehead atoms. The van der Waals surface area contributed by atoms with Gasteiger partial charge in [0.05, 0.1) is 17.2 Å². The third-order valence-electron chi connectivity index (χ3n) is 3.12. The second-order valence-corrected chi connectivity index (χ2v) is 7.29. The highest BCUT2D eigenvalue weighted by molar-refractivity contribution is 7.99. The van der Waals surface area contributed by atoms with Crippen molar-refractivity contribution in [2.75, 3.05) is 11.5 Å². The number of hydrogen-bond acceptors (Lipinski definition) is 3. The van der Waals surface area contributed by atoms with Gasteiger partial charge in [0.2, 0.25) is 0 Å². The van der Waals surface area contributed by atoms with E-state index in [9.17, 15) is 26.3 Å². The topological polar surface area (TPSA) is 17.8 Å². The first-order valence-electron chi connectivity index (χ1n) is 6.99. The lowest BCUT2D eigenvalue weighted by atomic mass is 10.1. The van der Waals surface area contributed by atoms with E-state index in [0.29, 0.717) is 45.2 Å². The van der Waals surface area contributed by atoms with Crippen molar-refractivity contribution in [1.82, 2.24) is 9.78 Å². The molecule has 0 aliphatic heterocycles. The lowest BCUT2D eigenvalue weighted by Crippen LogP contribution is -2.10. The number of thioether (sulfide) groups is 2. The van der Waals surface area contributed by atoms with E-state index in [1.54, 1.807) is 32.2 Å². The van der Waals surface area contributed by atoms with E-state index in [-0.39, 0.29) is 5.03 Å². The Kier molecular flexibility index (Phi) is 6.03. The molecule has 0 unspecified atom stereocenters. The fraction of sp³-hybridized carbons (Fsp3) is 0.400. The quantitative estimate of drug-likeness (QED) is 0.473. The maximum atomic E-state index is 12.4. The second-order valence-electron chi connectivity index (χ2n) is 5.28. The highest BCUT2D eigenvalue weighted by Gasteiger charge is 2.28. The van der Waals surface area contributed by atoms with Crippen molar-refractivity contribution in [2.45, 2.75) is 29.2 Å². The molecular weight excluding hydrogens is 386 g/mol. The van der Waals surface area contributed by atoms with Gasteiger partial charge in [0, 0.05) is 17.5 Å². The summed E-state index contributed by atoms with van der Waals surface area (Å²) >= 11 is 1.25. The predicted molar refractivity (Wildman–Crippen MR) is 86.9 cm³/mol. The molecule has 0 aliphatic carbocycles. The first kappa shape index (κ1) is 20.0. The molecule has 1 aromatic carbocycles. The molecular formula is C15H14F6N2S2. The van der Waals surface area contributed by atoms with Crippen LogP contribution in [0.25, 0.3) is 11.3 Å². The zero-order chi connectivity index (χ0) is 18.8. The molecule has 138 valence electrons. The van der Waals surface area contributed by atoms with Crippen molar-refractivity contribution < 1.29 is 26.3 Å². The van der Waals surface area contributed by atoms with Crippen LogP contribution in [0.3, 0.4) is 0 Å². The fourth-order valence-corrected chi connectivity index (χ4v) is 3.52. The summed E-state index contributed by atoms with van der Waals surface area (Å²) in [4.78, 5) is 0.473. The van der Waals surface area contributed by atoms with Gasteiger partial charge in [-0.1, -0.05) is 23.9 Å². The van der Waals surface area contributed by atoms with Crippen LogP contribution in [0.4, 0.5) is 26.3 Å². The molecule has 1 heterocycles. The molecule has 2 aromatic rings. The highest BCUT2D eigenvalue weighted by atomic mass is 32.2. The number of alkyl halides is 6. The van der Waals surface area contributed by atoms with Crippen LogP contribution in [0.15, 0.2) is 34.2 Å². The van der Waals surface area contributed by atoms with Gasteiger partial charge in [-0.3, -0.25) is 4.68 Å². The summed E-state index contributed by atoms with van der Waals surface area (Å²) in [5, 5.41) is 4.23. The molecule has 0 radical (unpaired) electrons. The molecule has 0 atom stereocenters. The smallest absolute Gasteiger partial charge is 0.267 e. The first-order chi connectivity index (χ1) is 11.4. The molecule has 10 heteroatoms. The first-order valence-corrected chi connectivity index (χ1v) is 8.96. The van der Waals surface area contributed by atoms with Crippen LogP contribution in [0.5, 0.6) is 0 Å². The SMILES string of the molecule is Cc1ccc(-c2cc(SCC(F)(F)F)nn2C)cc1SCC(F)(F)F. The van der Waals surface area contributed by atoms with Gasteiger partial charge in [-0.05, 0) is 24.6 Å². The fourth-order valence-electron chi connectivity index (χ4n) is 2.01. The van der Waals surface area contributed by atoms with Crippen molar-refractivity contribution in [3.63, 3.8) is 0 Å². The van der Waals surface area contributed by atoms with Crippen molar-refractivity contribution >= 4 is 23.5 Å². The van der Waals surface area contributed by atoms with Crippen molar-refractivity contribution in [3.8, 4) is 11.3 Å². The van der Waals surface area contributed by atoms with E-state index >= 15 is 0 Å². The van der Waals surface area contributed by atoms with Crippen molar-refractivity contribution in [1.29, 1.82) is 0 Å². The number of aromatic nitrogens is 2. The minimum atomic E-state index is -4.30. The maximum absolute atomic E-state index is 12.4. The Morgan fingerprint density at radius 1 is 0.960 bits per heavy atom. The summed E-state index contributed by atoms with van der Waals surface area (Å²) in [6.45, 7) is 1.70. The standard InChI is InChI=1S/C15H14F6N2S2/c1-9-3-4-10(5-12(9)24-7-14(16,17)18)11-6-13(22-23(11)2)25-8-15(19,20)21/h3-6H,7-8H2,1-2H3. The Bertz CT molecular complexity index is 737. The molecule has 0 saturated carbocycles. The summed E-state index contributed by atoms with van der Waals surface area (Å²) in [6.07, 6.45) is -8.57. The molecule has 25 heavy (non-hydrogen) atoms. The van der Waals surface area contributed by atoms with E-state index in [1.807, 2.05) is 0 Å². The lowest BCUT2D eigenvalue weighted by Gasteiger charge is -2.10. The predicted octanol–water partition coefficient (Wildman–Crippen LogP) is 5.70. The Morgan fingerprint density at radius 3 is 2.16 bits per heavy atom. The van der Waals surface area contributed by atoms with Gasteiger partial charge < -0.3 is 0 Å². The number of benzene rings is 1. The molecule has 0 saturated heterocycles. The summed E-state index contributed by atoms with van der Waals surface area (Å²) in [5.74, 6) is -2.06. The largest absolute Gasteiger partial charge is 0.398 e. The van der Waals surface area contributed by atoms with Gasteiger partial charge in [-0.25, -0.2) is 0 Å². The normalized spacial score (nSPS) is 12.6. The Hall–Kier alpha value is -1.29. The molecule has 1 aromatic heterocycles. The van der Waals surface area contributed by atoms with Gasteiger partial charge in [-0.15, -0.1) is 11.8 Å². The van der Waals surface area contributed by atoms with Crippen LogP contribution in [0.1, 0.15) is 5.56 Å². The highest BCUT2D eigenvalue weighted by Crippen LogP contribution is 2.34. The van der Waals surface area contributed by atoms with Gasteiger partial charge in [0.15, 0.2) is 0 Å². The zero-order valence-corrected chi connectivity index (χ0v) is 14.8. The van der Waals surface area contributed by atoms with Crippen LogP contribution in [0, 0.1) is 6.92 Å². The van der Waals surface area contributed by atoms with E-state index in [0.717, 1.165) is 0 Å². The average Bonchev–Trinajstić information content (AvgIpc) is 2.84. The second kappa shape index (κ2) is 7.53. The number of halogens is 6. The lowest BCUT2D eigenvalue weighted by molar-refractivity contribution is -0.106. The Morgan fingerprint density at radius 2 is 1.56 bits per heavy atom. The van der Waals surface area contributed by atoms with E-state index < -0.39 is 23.9 Å². The maximum Gasteiger partial charge on any atom is 0.398 e. The van der Waals surface area contributed by atoms with Crippen LogP contribution >= 0.6 is 23.5 Å². The van der Waals surface area contributed by atoms with Crippen LogP contribution in [-0.2, 0) is 7.05 Å². The average molecular weight is 400 g/mol. The summed E-state index contributed by atoms with van der Waals surface area (Å²) < 4.78 is 75.6. The Balaban J connectivity index is 2.22. The minimum Gasteiger partial charge on any atom is -0.267 e. The van der Waals surface area contributed by atoms with Crippen LogP contribution in [-0.4, -0.2) is 33.6 Å². The molecule has 0 fully saturated rings. The van der Waals surface area contributed by atoms with E-state index in [2.05, 4.69) is 5.10 Å².